The Morgan fingerprint density at radius 1 is 1.44 bits per heavy atom. The van der Waals surface area contributed by atoms with Gasteiger partial charge in [-0.15, -0.1) is 10.2 Å². The largest absolute Gasteiger partial charge is 0.378 e. The molecule has 1 N–H and O–H groups in total. The molecule has 100 valence electrons. The highest BCUT2D eigenvalue weighted by atomic mass is 16.5. The monoisotopic (exact) mass is 252 g/mol. The first-order chi connectivity index (χ1) is 8.81. The van der Waals surface area contributed by atoms with Crippen molar-refractivity contribution in [2.45, 2.75) is 31.5 Å². The third-order valence-corrected chi connectivity index (χ3v) is 3.46. The predicted octanol–water partition coefficient (Wildman–Crippen LogP) is -0.837. The smallest absolute Gasteiger partial charge is 0.188 e. The zero-order valence-electron chi connectivity index (χ0n) is 10.7. The number of aromatic nitrogens is 4. The second-order valence-corrected chi connectivity index (χ2v) is 5.08. The fraction of sp³-hybridized carbons (Fsp3) is 0.909. The van der Waals surface area contributed by atoms with Gasteiger partial charge in [0.25, 0.3) is 0 Å². The summed E-state index contributed by atoms with van der Waals surface area (Å²) in [5, 5.41) is 15.7. The summed E-state index contributed by atoms with van der Waals surface area (Å²) in [5.74, 6) is 0.788. The molecule has 1 aliphatic carbocycles. The Balaban J connectivity index is 1.56. The van der Waals surface area contributed by atoms with E-state index in [2.05, 4.69) is 25.6 Å². The average Bonchev–Trinajstić information content (AvgIpc) is 3.12. The number of rotatable bonds is 5. The van der Waals surface area contributed by atoms with E-state index in [4.69, 9.17) is 4.74 Å². The molecule has 0 amide bonds. The van der Waals surface area contributed by atoms with Gasteiger partial charge >= 0.3 is 0 Å². The number of nitrogens with one attached hydrogen (secondary N) is 1. The lowest BCUT2D eigenvalue weighted by Gasteiger charge is -2.34. The number of tetrazole rings is 1. The van der Waals surface area contributed by atoms with Gasteiger partial charge in [0.15, 0.2) is 5.82 Å². The van der Waals surface area contributed by atoms with Gasteiger partial charge in [-0.1, -0.05) is 0 Å². The highest BCUT2D eigenvalue weighted by Gasteiger charge is 2.27. The van der Waals surface area contributed by atoms with Gasteiger partial charge in [-0.2, -0.15) is 4.80 Å². The van der Waals surface area contributed by atoms with Gasteiger partial charge < -0.3 is 10.1 Å². The molecule has 0 spiro atoms. The molecule has 1 saturated heterocycles. The first-order valence-corrected chi connectivity index (χ1v) is 6.59. The molecule has 1 unspecified atom stereocenters. The van der Waals surface area contributed by atoms with Crippen molar-refractivity contribution in [3.05, 3.63) is 5.82 Å². The van der Waals surface area contributed by atoms with Crippen molar-refractivity contribution in [2.75, 3.05) is 26.3 Å². The molecule has 1 aromatic heterocycles. The highest BCUT2D eigenvalue weighted by molar-refractivity contribution is 4.87. The van der Waals surface area contributed by atoms with Gasteiger partial charge in [-0.3, -0.25) is 4.90 Å². The van der Waals surface area contributed by atoms with E-state index in [-0.39, 0.29) is 0 Å². The van der Waals surface area contributed by atoms with Crippen molar-refractivity contribution < 1.29 is 4.74 Å². The Bertz CT molecular complexity index is 391. The van der Waals surface area contributed by atoms with Crippen molar-refractivity contribution in [1.29, 1.82) is 0 Å². The number of hydrogen-bond acceptors (Lipinski definition) is 6. The van der Waals surface area contributed by atoms with Crippen LogP contribution in [0.15, 0.2) is 0 Å². The van der Waals surface area contributed by atoms with Crippen LogP contribution in [0, 0.1) is 0 Å². The van der Waals surface area contributed by atoms with E-state index in [1.165, 1.54) is 17.6 Å². The van der Waals surface area contributed by atoms with Crippen molar-refractivity contribution in [3.63, 3.8) is 0 Å². The molecule has 2 heterocycles. The van der Waals surface area contributed by atoms with E-state index in [1.807, 2.05) is 0 Å². The second-order valence-electron chi connectivity index (χ2n) is 5.08. The van der Waals surface area contributed by atoms with Gasteiger partial charge in [-0.25, -0.2) is 0 Å². The Morgan fingerprint density at radius 2 is 2.33 bits per heavy atom. The van der Waals surface area contributed by atoms with Crippen LogP contribution in [0.3, 0.4) is 0 Å². The lowest BCUT2D eigenvalue weighted by Crippen LogP contribution is -2.50. The maximum atomic E-state index is 5.56. The van der Waals surface area contributed by atoms with E-state index >= 15 is 0 Å². The van der Waals surface area contributed by atoms with Gasteiger partial charge in [0, 0.05) is 25.2 Å². The number of hydrogen-bond donors (Lipinski definition) is 1. The van der Waals surface area contributed by atoms with Crippen molar-refractivity contribution in [1.82, 2.24) is 30.4 Å². The summed E-state index contributed by atoms with van der Waals surface area (Å²) >= 11 is 0. The Hall–Kier alpha value is -1.05. The molecular weight excluding hydrogens is 232 g/mol. The van der Waals surface area contributed by atoms with Crippen LogP contribution in [0.1, 0.15) is 18.7 Å². The normalized spacial score (nSPS) is 25.5. The standard InChI is InChI=1S/C11H20N6O/c1-16-14-11(13-15-16)7-17-4-5-18-8-10(17)6-12-9-2-3-9/h9-10,12H,2-8H2,1H3. The quantitative estimate of drug-likeness (QED) is 0.737. The van der Waals surface area contributed by atoms with Crippen molar-refractivity contribution in [3.8, 4) is 0 Å². The molecule has 18 heavy (non-hydrogen) atoms. The maximum Gasteiger partial charge on any atom is 0.188 e. The number of nitrogens with zero attached hydrogens (tertiary/aromatic N) is 5. The average molecular weight is 252 g/mol. The molecule has 3 rings (SSSR count). The Labute approximate surface area is 106 Å². The number of aryl methyl sites for hydroxylation is 1. The topological polar surface area (TPSA) is 68.1 Å². The predicted molar refractivity (Wildman–Crippen MR) is 64.8 cm³/mol. The molecule has 7 heteroatoms. The molecule has 1 aromatic rings. The highest BCUT2D eigenvalue weighted by Crippen LogP contribution is 2.19. The molecule has 0 bridgehead atoms. The zero-order valence-corrected chi connectivity index (χ0v) is 10.7. The van der Waals surface area contributed by atoms with Crippen LogP contribution in [-0.4, -0.2) is 63.5 Å². The maximum absolute atomic E-state index is 5.56. The minimum atomic E-state index is 0.420. The van der Waals surface area contributed by atoms with Crippen LogP contribution in [0.5, 0.6) is 0 Å². The molecule has 2 fully saturated rings. The summed E-state index contributed by atoms with van der Waals surface area (Å²) in [6.07, 6.45) is 2.64. The van der Waals surface area contributed by atoms with E-state index in [0.717, 1.165) is 44.7 Å². The minimum Gasteiger partial charge on any atom is -0.378 e. The first-order valence-electron chi connectivity index (χ1n) is 6.59. The fourth-order valence-electron chi connectivity index (χ4n) is 2.24. The van der Waals surface area contributed by atoms with E-state index in [1.54, 1.807) is 7.05 Å². The fourth-order valence-corrected chi connectivity index (χ4v) is 2.24. The molecule has 1 atom stereocenters. The molecule has 7 nitrogen and oxygen atoms in total. The Morgan fingerprint density at radius 3 is 3.06 bits per heavy atom. The molecular formula is C11H20N6O. The molecule has 1 saturated carbocycles. The summed E-state index contributed by atoms with van der Waals surface area (Å²) in [6.45, 7) is 4.27. The second kappa shape index (κ2) is 5.29. The summed E-state index contributed by atoms with van der Waals surface area (Å²) in [6, 6.07) is 1.16. The summed E-state index contributed by atoms with van der Waals surface area (Å²) < 4.78 is 5.56. The van der Waals surface area contributed by atoms with Crippen molar-refractivity contribution in [2.24, 2.45) is 7.05 Å². The molecule has 1 aliphatic heterocycles. The first kappa shape index (κ1) is 12.0. The summed E-state index contributed by atoms with van der Waals surface area (Å²) in [7, 11) is 1.79. The van der Waals surface area contributed by atoms with Crippen LogP contribution in [0.4, 0.5) is 0 Å². The molecule has 0 aromatic carbocycles. The van der Waals surface area contributed by atoms with Crippen molar-refractivity contribution >= 4 is 0 Å². The van der Waals surface area contributed by atoms with Crippen LogP contribution in [0.2, 0.25) is 0 Å². The van der Waals surface area contributed by atoms with Crippen LogP contribution in [0.25, 0.3) is 0 Å². The minimum absolute atomic E-state index is 0.420. The van der Waals surface area contributed by atoms with Gasteiger partial charge in [0.05, 0.1) is 26.8 Å². The lowest BCUT2D eigenvalue weighted by molar-refractivity contribution is -0.0121. The van der Waals surface area contributed by atoms with E-state index in [0.29, 0.717) is 6.04 Å². The summed E-state index contributed by atoms with van der Waals surface area (Å²) in [4.78, 5) is 3.89. The van der Waals surface area contributed by atoms with Crippen LogP contribution in [-0.2, 0) is 18.3 Å². The van der Waals surface area contributed by atoms with Crippen LogP contribution >= 0.6 is 0 Å². The van der Waals surface area contributed by atoms with Gasteiger partial charge in [-0.05, 0) is 18.1 Å². The third kappa shape index (κ3) is 3.04. The number of morpholine rings is 1. The van der Waals surface area contributed by atoms with Gasteiger partial charge in [0.1, 0.15) is 0 Å². The SMILES string of the molecule is Cn1nnc(CN2CCOCC2CNC2CC2)n1. The molecule has 2 aliphatic rings. The molecule has 0 radical (unpaired) electrons. The van der Waals surface area contributed by atoms with E-state index < -0.39 is 0 Å². The van der Waals surface area contributed by atoms with Gasteiger partial charge in [0.2, 0.25) is 0 Å². The van der Waals surface area contributed by atoms with E-state index in [9.17, 15) is 0 Å². The lowest BCUT2D eigenvalue weighted by atomic mass is 10.2. The third-order valence-electron chi connectivity index (χ3n) is 3.46. The number of ether oxygens (including phenoxy) is 1. The Kier molecular flexibility index (Phi) is 3.53. The zero-order chi connectivity index (χ0) is 12.4. The van der Waals surface area contributed by atoms with Crippen LogP contribution < -0.4 is 5.32 Å². The summed E-state index contributed by atoms with van der Waals surface area (Å²) in [5.41, 5.74) is 0.